The third-order valence-corrected chi connectivity index (χ3v) is 4.04. The fraction of sp³-hybridized carbons (Fsp3) is 0. The standard InChI is InChI=1S/C16H10ClN4O3.H2O/c17-10-5-7-11(8-6-10)19-16(22)15-9-14(21(23)24)12-3-1-2-4-13(12)20(15)18-19;/h1-9,22H;1H2. The predicted molar refractivity (Wildman–Crippen MR) is 93.2 cm³/mol. The summed E-state index contributed by atoms with van der Waals surface area (Å²) in [6, 6.07) is 13.6. The lowest BCUT2D eigenvalue weighted by Crippen LogP contribution is -2.36. The van der Waals surface area contributed by atoms with Gasteiger partial charge in [0.1, 0.15) is 5.70 Å². The third kappa shape index (κ3) is 2.58. The maximum absolute atomic E-state index is 11.4. The highest BCUT2D eigenvalue weighted by Gasteiger charge is 2.39. The summed E-state index contributed by atoms with van der Waals surface area (Å²) in [5.41, 5.74) is 6.08. The number of nitrogens with zero attached hydrogens (tertiary/aromatic N) is 4. The van der Waals surface area contributed by atoms with E-state index in [1.165, 1.54) is 16.1 Å². The number of halogens is 1. The van der Waals surface area contributed by atoms with Crippen molar-refractivity contribution in [1.29, 1.82) is 0 Å². The molecule has 2 aliphatic heterocycles. The largest absolute Gasteiger partial charge is 0.492 e. The fourth-order valence-electron chi connectivity index (χ4n) is 2.68. The van der Waals surface area contributed by atoms with Crippen molar-refractivity contribution >= 4 is 28.7 Å². The van der Waals surface area contributed by atoms with Gasteiger partial charge in [-0.15, -0.1) is 0 Å². The van der Waals surface area contributed by atoms with Gasteiger partial charge in [-0.1, -0.05) is 23.7 Å². The number of nitro groups is 1. The highest BCUT2D eigenvalue weighted by molar-refractivity contribution is 6.30. The van der Waals surface area contributed by atoms with Crippen LogP contribution in [0.25, 0.3) is 5.70 Å². The van der Waals surface area contributed by atoms with Crippen molar-refractivity contribution in [3.05, 3.63) is 86.9 Å². The lowest BCUT2D eigenvalue weighted by atomic mass is 10.0. The Morgan fingerprint density at radius 3 is 2.44 bits per heavy atom. The van der Waals surface area contributed by atoms with Crippen LogP contribution in [0.15, 0.2) is 66.2 Å². The van der Waals surface area contributed by atoms with Gasteiger partial charge in [-0.05, 0) is 41.9 Å². The highest BCUT2D eigenvalue weighted by atomic mass is 35.5. The number of rotatable bonds is 2. The van der Waals surface area contributed by atoms with Gasteiger partial charge in [0.15, 0.2) is 0 Å². The van der Waals surface area contributed by atoms with Crippen LogP contribution in [0, 0.1) is 10.1 Å². The van der Waals surface area contributed by atoms with Crippen LogP contribution in [0.4, 0.5) is 11.4 Å². The molecule has 0 saturated carbocycles. The van der Waals surface area contributed by atoms with Crippen LogP contribution in [-0.4, -0.2) is 15.5 Å². The van der Waals surface area contributed by atoms with Crippen molar-refractivity contribution in [3.63, 3.8) is 0 Å². The Labute approximate surface area is 147 Å². The SMILES string of the molecule is O.O=[N+]([O-])C1=CC2=C(O)N(c3ccc(Cl)cc3)[N]N2c2ccccc21. The molecule has 0 aliphatic carbocycles. The number of benzene rings is 2. The first-order chi connectivity index (χ1) is 11.6. The average Bonchev–Trinajstić information content (AvgIpc) is 2.92. The molecular formula is C16H12ClN4O4. The van der Waals surface area contributed by atoms with Gasteiger partial charge in [0, 0.05) is 11.1 Å². The molecule has 0 spiro atoms. The third-order valence-electron chi connectivity index (χ3n) is 3.79. The molecule has 0 amide bonds. The van der Waals surface area contributed by atoms with E-state index in [9.17, 15) is 15.2 Å². The highest BCUT2D eigenvalue weighted by Crippen LogP contribution is 2.40. The Balaban J connectivity index is 0.00000182. The van der Waals surface area contributed by atoms with E-state index in [1.807, 2.05) is 0 Å². The Morgan fingerprint density at radius 2 is 1.76 bits per heavy atom. The zero-order chi connectivity index (χ0) is 16.8. The number of allylic oxidation sites excluding steroid dienone is 1. The van der Waals surface area contributed by atoms with Gasteiger partial charge in [0.2, 0.25) is 5.88 Å². The lowest BCUT2D eigenvalue weighted by Gasteiger charge is -2.24. The molecular weight excluding hydrogens is 348 g/mol. The van der Waals surface area contributed by atoms with Gasteiger partial charge in [-0.3, -0.25) is 10.1 Å². The molecule has 3 N–H and O–H groups in total. The maximum Gasteiger partial charge on any atom is 0.281 e. The van der Waals surface area contributed by atoms with E-state index in [0.717, 1.165) is 0 Å². The fourth-order valence-corrected chi connectivity index (χ4v) is 2.80. The van der Waals surface area contributed by atoms with Crippen molar-refractivity contribution in [2.45, 2.75) is 0 Å². The minimum absolute atomic E-state index is 0. The van der Waals surface area contributed by atoms with Crippen LogP contribution in [0.1, 0.15) is 5.56 Å². The number of aliphatic hydroxyl groups is 1. The molecule has 2 aromatic carbocycles. The lowest BCUT2D eigenvalue weighted by molar-refractivity contribution is -0.375. The molecule has 2 aromatic rings. The number of aliphatic hydroxyl groups excluding tert-OH is 1. The summed E-state index contributed by atoms with van der Waals surface area (Å²) in [5.74, 6) is -0.189. The summed E-state index contributed by atoms with van der Waals surface area (Å²) in [6.45, 7) is 0. The molecule has 0 unspecified atom stereocenters. The summed E-state index contributed by atoms with van der Waals surface area (Å²) in [5, 5.41) is 25.2. The minimum atomic E-state index is -0.471. The number of para-hydroxylation sites is 1. The molecule has 0 aromatic heterocycles. The molecule has 0 bridgehead atoms. The van der Waals surface area contributed by atoms with E-state index in [1.54, 1.807) is 48.5 Å². The minimum Gasteiger partial charge on any atom is -0.492 e. The van der Waals surface area contributed by atoms with E-state index in [4.69, 9.17) is 11.6 Å². The van der Waals surface area contributed by atoms with Crippen LogP contribution in [0.3, 0.4) is 0 Å². The van der Waals surface area contributed by atoms with Crippen LogP contribution in [0.2, 0.25) is 5.02 Å². The topological polar surface area (TPSA) is 115 Å². The Bertz CT molecular complexity index is 911. The van der Waals surface area contributed by atoms with Gasteiger partial charge in [-0.2, -0.15) is 0 Å². The normalized spacial score (nSPS) is 15.3. The molecule has 0 fully saturated rings. The monoisotopic (exact) mass is 359 g/mol. The molecule has 0 atom stereocenters. The Morgan fingerprint density at radius 1 is 1.08 bits per heavy atom. The zero-order valence-electron chi connectivity index (χ0n) is 12.6. The summed E-state index contributed by atoms with van der Waals surface area (Å²) in [4.78, 5) is 10.9. The Hall–Kier alpha value is -3.07. The van der Waals surface area contributed by atoms with Crippen molar-refractivity contribution in [1.82, 2.24) is 5.53 Å². The Kier molecular flexibility index (Phi) is 4.09. The predicted octanol–water partition coefficient (Wildman–Crippen LogP) is 2.63. The second-order valence-electron chi connectivity index (χ2n) is 5.20. The van der Waals surface area contributed by atoms with Crippen LogP contribution >= 0.6 is 11.6 Å². The van der Waals surface area contributed by atoms with Crippen LogP contribution < -0.4 is 15.6 Å². The number of hydrogen-bond donors (Lipinski definition) is 1. The van der Waals surface area contributed by atoms with Crippen LogP contribution in [-0.2, 0) is 0 Å². The van der Waals surface area contributed by atoms with Crippen LogP contribution in [0.5, 0.6) is 0 Å². The van der Waals surface area contributed by atoms with E-state index >= 15 is 0 Å². The molecule has 2 heterocycles. The first-order valence-electron chi connectivity index (χ1n) is 7.02. The average molecular weight is 360 g/mol. The summed E-state index contributed by atoms with van der Waals surface area (Å²) >= 11 is 5.88. The van der Waals surface area contributed by atoms with Crippen molar-refractivity contribution in [3.8, 4) is 0 Å². The molecule has 0 saturated heterocycles. The quantitative estimate of drug-likeness (QED) is 0.653. The van der Waals surface area contributed by atoms with Crippen molar-refractivity contribution < 1.29 is 15.5 Å². The van der Waals surface area contributed by atoms with Gasteiger partial charge in [0.05, 0.1) is 21.9 Å². The number of fused-ring (bicyclic) bond motifs is 3. The van der Waals surface area contributed by atoms with E-state index in [0.29, 0.717) is 22.0 Å². The molecule has 8 nitrogen and oxygen atoms in total. The van der Waals surface area contributed by atoms with Crippen molar-refractivity contribution in [2.24, 2.45) is 0 Å². The molecule has 9 heteroatoms. The summed E-state index contributed by atoms with van der Waals surface area (Å²) in [6.07, 6.45) is 1.32. The molecule has 1 radical (unpaired) electrons. The maximum atomic E-state index is 11.4. The van der Waals surface area contributed by atoms with Gasteiger partial charge >= 0.3 is 0 Å². The van der Waals surface area contributed by atoms with E-state index in [2.05, 4.69) is 5.53 Å². The summed E-state index contributed by atoms with van der Waals surface area (Å²) < 4.78 is 0. The van der Waals surface area contributed by atoms with E-state index < -0.39 is 4.92 Å². The first kappa shape index (κ1) is 16.8. The van der Waals surface area contributed by atoms with Gasteiger partial charge < -0.3 is 10.6 Å². The second kappa shape index (κ2) is 6.10. The zero-order valence-corrected chi connectivity index (χ0v) is 13.4. The number of anilines is 2. The molecule has 127 valence electrons. The first-order valence-corrected chi connectivity index (χ1v) is 7.40. The summed E-state index contributed by atoms with van der Waals surface area (Å²) in [7, 11) is 0. The molecule has 4 rings (SSSR count). The van der Waals surface area contributed by atoms with Crippen molar-refractivity contribution in [2.75, 3.05) is 10.0 Å². The van der Waals surface area contributed by atoms with Gasteiger partial charge in [0.25, 0.3) is 5.70 Å². The molecule has 25 heavy (non-hydrogen) atoms. The molecule has 2 aliphatic rings. The van der Waals surface area contributed by atoms with E-state index in [-0.39, 0.29) is 22.8 Å². The number of hydrogen-bond acceptors (Lipinski definition) is 5. The smallest absolute Gasteiger partial charge is 0.281 e. The van der Waals surface area contributed by atoms with Gasteiger partial charge in [-0.25, -0.2) is 10.0 Å². The second-order valence-corrected chi connectivity index (χ2v) is 5.64.